The monoisotopic (exact) mass is 252 g/mol. The summed E-state index contributed by atoms with van der Waals surface area (Å²) in [6, 6.07) is 0. The molecule has 1 amide bonds. The van der Waals surface area contributed by atoms with Gasteiger partial charge in [0.05, 0.1) is 0 Å². The molecule has 0 N–H and O–H groups in total. The number of carbonyl (C=O) groups is 1. The molecule has 2 saturated heterocycles. The lowest BCUT2D eigenvalue weighted by atomic mass is 9.71. The summed E-state index contributed by atoms with van der Waals surface area (Å²) in [5, 5.41) is 0. The lowest BCUT2D eigenvalue weighted by Gasteiger charge is -2.46. The number of hydrogen-bond donors (Lipinski definition) is 0. The highest BCUT2D eigenvalue weighted by Crippen LogP contribution is 2.41. The van der Waals surface area contributed by atoms with E-state index >= 15 is 0 Å². The van der Waals surface area contributed by atoms with E-state index in [1.165, 1.54) is 45.3 Å². The summed E-state index contributed by atoms with van der Waals surface area (Å²) in [5.74, 6) is 0.373. The molecule has 2 rings (SSSR count). The van der Waals surface area contributed by atoms with Gasteiger partial charge in [-0.05, 0) is 57.2 Å². The molecule has 0 atom stereocenters. The zero-order chi connectivity index (χ0) is 13.0. The van der Waals surface area contributed by atoms with Gasteiger partial charge in [0.25, 0.3) is 0 Å². The second-order valence-corrected chi connectivity index (χ2v) is 6.07. The zero-order valence-corrected chi connectivity index (χ0v) is 12.1. The molecule has 2 fully saturated rings. The van der Waals surface area contributed by atoms with Crippen LogP contribution in [0.1, 0.15) is 52.4 Å². The van der Waals surface area contributed by atoms with E-state index in [0.29, 0.717) is 11.3 Å². The minimum absolute atomic E-state index is 0.373. The molecular formula is C15H28N2O. The molecule has 104 valence electrons. The van der Waals surface area contributed by atoms with Gasteiger partial charge >= 0.3 is 0 Å². The third kappa shape index (κ3) is 3.05. The minimum Gasteiger partial charge on any atom is -0.343 e. The molecule has 3 nitrogen and oxygen atoms in total. The zero-order valence-electron chi connectivity index (χ0n) is 12.1. The Hall–Kier alpha value is -0.570. The molecule has 1 spiro atoms. The van der Waals surface area contributed by atoms with Crippen LogP contribution < -0.4 is 0 Å². The summed E-state index contributed by atoms with van der Waals surface area (Å²) < 4.78 is 0. The standard InChI is InChI=1S/C15H28N2O/c1-3-5-14(18)17-12-8-15(9-13-17)6-10-16(4-2)11-7-15/h3-13H2,1-2H3. The van der Waals surface area contributed by atoms with E-state index in [-0.39, 0.29) is 0 Å². The largest absolute Gasteiger partial charge is 0.343 e. The second-order valence-electron chi connectivity index (χ2n) is 6.07. The van der Waals surface area contributed by atoms with Crippen LogP contribution in [0.25, 0.3) is 0 Å². The Morgan fingerprint density at radius 2 is 1.56 bits per heavy atom. The first-order valence-electron chi connectivity index (χ1n) is 7.69. The van der Waals surface area contributed by atoms with E-state index in [0.717, 1.165) is 25.9 Å². The van der Waals surface area contributed by atoms with E-state index in [1.807, 2.05) is 0 Å². The molecule has 0 unspecified atom stereocenters. The predicted octanol–water partition coefficient (Wildman–Crippen LogP) is 2.51. The molecule has 0 aromatic heterocycles. The van der Waals surface area contributed by atoms with Crippen molar-refractivity contribution in [1.29, 1.82) is 0 Å². The van der Waals surface area contributed by atoms with Gasteiger partial charge in [0.15, 0.2) is 0 Å². The van der Waals surface area contributed by atoms with Crippen molar-refractivity contribution >= 4 is 5.91 Å². The molecule has 0 aromatic rings. The fourth-order valence-corrected chi connectivity index (χ4v) is 3.45. The number of amides is 1. The average Bonchev–Trinajstić information content (AvgIpc) is 2.41. The Labute approximate surface area is 112 Å². The van der Waals surface area contributed by atoms with Gasteiger partial charge in [-0.15, -0.1) is 0 Å². The van der Waals surface area contributed by atoms with Crippen molar-refractivity contribution in [2.24, 2.45) is 5.41 Å². The fourth-order valence-electron chi connectivity index (χ4n) is 3.45. The number of likely N-dealkylation sites (tertiary alicyclic amines) is 2. The van der Waals surface area contributed by atoms with E-state index < -0.39 is 0 Å². The highest BCUT2D eigenvalue weighted by atomic mass is 16.2. The predicted molar refractivity (Wildman–Crippen MR) is 74.5 cm³/mol. The molecule has 0 radical (unpaired) electrons. The highest BCUT2D eigenvalue weighted by Gasteiger charge is 2.37. The van der Waals surface area contributed by atoms with Gasteiger partial charge in [0, 0.05) is 19.5 Å². The van der Waals surface area contributed by atoms with E-state index in [1.54, 1.807) is 0 Å². The Balaban J connectivity index is 1.81. The third-order valence-electron chi connectivity index (χ3n) is 5.00. The van der Waals surface area contributed by atoms with Crippen molar-refractivity contribution in [2.75, 3.05) is 32.7 Å². The van der Waals surface area contributed by atoms with Crippen LogP contribution in [0.3, 0.4) is 0 Å². The van der Waals surface area contributed by atoms with Crippen LogP contribution in [-0.4, -0.2) is 48.4 Å². The van der Waals surface area contributed by atoms with Crippen molar-refractivity contribution in [3.8, 4) is 0 Å². The van der Waals surface area contributed by atoms with E-state index in [2.05, 4.69) is 23.6 Å². The van der Waals surface area contributed by atoms with Crippen LogP contribution in [0.2, 0.25) is 0 Å². The summed E-state index contributed by atoms with van der Waals surface area (Å²) in [6.45, 7) is 10.1. The minimum atomic E-state index is 0.373. The van der Waals surface area contributed by atoms with E-state index in [9.17, 15) is 4.79 Å². The van der Waals surface area contributed by atoms with Crippen molar-refractivity contribution in [3.63, 3.8) is 0 Å². The third-order valence-corrected chi connectivity index (χ3v) is 5.00. The van der Waals surface area contributed by atoms with Crippen LogP contribution >= 0.6 is 0 Å². The topological polar surface area (TPSA) is 23.6 Å². The van der Waals surface area contributed by atoms with Crippen molar-refractivity contribution < 1.29 is 4.79 Å². The molecule has 2 aliphatic heterocycles. The normalized spacial score (nSPS) is 24.4. The van der Waals surface area contributed by atoms with Crippen molar-refractivity contribution in [1.82, 2.24) is 9.80 Å². The maximum atomic E-state index is 11.9. The lowest BCUT2D eigenvalue weighted by molar-refractivity contribution is -0.134. The Morgan fingerprint density at radius 1 is 1.00 bits per heavy atom. The van der Waals surface area contributed by atoms with Gasteiger partial charge in [-0.25, -0.2) is 0 Å². The average molecular weight is 252 g/mol. The van der Waals surface area contributed by atoms with Crippen LogP contribution in [0.4, 0.5) is 0 Å². The fraction of sp³-hybridized carbons (Fsp3) is 0.933. The summed E-state index contributed by atoms with van der Waals surface area (Å²) in [6.07, 6.45) is 6.87. The van der Waals surface area contributed by atoms with Gasteiger partial charge < -0.3 is 9.80 Å². The first-order chi connectivity index (χ1) is 8.69. The summed E-state index contributed by atoms with van der Waals surface area (Å²) in [7, 11) is 0. The Morgan fingerprint density at radius 3 is 2.06 bits per heavy atom. The molecule has 3 heteroatoms. The molecule has 0 aliphatic carbocycles. The van der Waals surface area contributed by atoms with Crippen LogP contribution in [-0.2, 0) is 4.79 Å². The summed E-state index contributed by atoms with van der Waals surface area (Å²) >= 11 is 0. The number of hydrogen-bond acceptors (Lipinski definition) is 2. The van der Waals surface area contributed by atoms with Crippen LogP contribution in [0.5, 0.6) is 0 Å². The molecule has 0 saturated carbocycles. The summed E-state index contributed by atoms with van der Waals surface area (Å²) in [4.78, 5) is 16.5. The molecule has 18 heavy (non-hydrogen) atoms. The lowest BCUT2D eigenvalue weighted by Crippen LogP contribution is -2.48. The molecule has 0 aromatic carbocycles. The first-order valence-corrected chi connectivity index (χ1v) is 7.69. The Kier molecular flexibility index (Phi) is 4.66. The molecule has 0 bridgehead atoms. The molecule has 2 heterocycles. The smallest absolute Gasteiger partial charge is 0.222 e. The summed E-state index contributed by atoms with van der Waals surface area (Å²) in [5.41, 5.74) is 0.564. The quantitative estimate of drug-likeness (QED) is 0.770. The highest BCUT2D eigenvalue weighted by molar-refractivity contribution is 5.76. The SMILES string of the molecule is CCCC(=O)N1CCC2(CCN(CC)CC2)CC1. The van der Waals surface area contributed by atoms with Gasteiger partial charge in [0.1, 0.15) is 0 Å². The second kappa shape index (κ2) is 6.05. The maximum absolute atomic E-state index is 11.9. The van der Waals surface area contributed by atoms with Gasteiger partial charge in [0.2, 0.25) is 5.91 Å². The number of rotatable bonds is 3. The van der Waals surface area contributed by atoms with Gasteiger partial charge in [-0.2, -0.15) is 0 Å². The van der Waals surface area contributed by atoms with Crippen LogP contribution in [0.15, 0.2) is 0 Å². The van der Waals surface area contributed by atoms with Gasteiger partial charge in [-0.3, -0.25) is 4.79 Å². The maximum Gasteiger partial charge on any atom is 0.222 e. The molecule has 2 aliphatic rings. The first kappa shape index (κ1) is 13.9. The van der Waals surface area contributed by atoms with E-state index in [4.69, 9.17) is 0 Å². The molecular weight excluding hydrogens is 224 g/mol. The Bertz CT molecular complexity index is 272. The number of piperidine rings is 2. The van der Waals surface area contributed by atoms with Crippen molar-refractivity contribution in [2.45, 2.75) is 52.4 Å². The van der Waals surface area contributed by atoms with Crippen molar-refractivity contribution in [3.05, 3.63) is 0 Å². The number of carbonyl (C=O) groups excluding carboxylic acids is 1. The van der Waals surface area contributed by atoms with Crippen LogP contribution in [0, 0.1) is 5.41 Å². The van der Waals surface area contributed by atoms with Gasteiger partial charge in [-0.1, -0.05) is 13.8 Å². The number of nitrogens with zero attached hydrogens (tertiary/aromatic N) is 2.